The second-order valence-corrected chi connectivity index (χ2v) is 3.30. The van der Waals surface area contributed by atoms with E-state index in [4.69, 9.17) is 5.73 Å². The molecule has 0 bridgehead atoms. The number of anilines is 1. The first-order valence-corrected chi connectivity index (χ1v) is 4.46. The maximum Gasteiger partial charge on any atom is 0.154 e. The number of hydrogen-bond donors (Lipinski definition) is 1. The van der Waals surface area contributed by atoms with Crippen LogP contribution in [0.25, 0.3) is 5.82 Å². The Labute approximate surface area is 83.6 Å². The third kappa shape index (κ3) is 1.42. The number of nitrogen functional groups attached to an aromatic ring is 1. The van der Waals surface area contributed by atoms with Gasteiger partial charge in [-0.05, 0) is 22.0 Å². The molecule has 2 aromatic rings. The lowest BCUT2D eigenvalue weighted by atomic mass is 10.4. The first-order chi connectivity index (χ1) is 6.29. The van der Waals surface area contributed by atoms with Gasteiger partial charge in [0.2, 0.25) is 0 Å². The molecule has 2 N–H and O–H groups in total. The lowest BCUT2D eigenvalue weighted by Gasteiger charge is -2.04. The molecule has 4 nitrogen and oxygen atoms in total. The summed E-state index contributed by atoms with van der Waals surface area (Å²) in [4.78, 5) is 8.11. The molecule has 2 heterocycles. The summed E-state index contributed by atoms with van der Waals surface area (Å²) in [6, 6.07) is 1.74. The Morgan fingerprint density at radius 1 is 1.38 bits per heavy atom. The predicted octanol–water partition coefficient (Wildman–Crippen LogP) is 1.61. The smallest absolute Gasteiger partial charge is 0.154 e. The van der Waals surface area contributed by atoms with Crippen LogP contribution in [0.3, 0.4) is 0 Å². The van der Waals surface area contributed by atoms with E-state index < -0.39 is 0 Å². The number of nitrogens with zero attached hydrogens (tertiary/aromatic N) is 3. The van der Waals surface area contributed by atoms with Crippen molar-refractivity contribution < 1.29 is 0 Å². The quantitative estimate of drug-likeness (QED) is 0.822. The fourth-order valence-electron chi connectivity index (χ4n) is 1.01. The van der Waals surface area contributed by atoms with Gasteiger partial charge in [-0.2, -0.15) is 0 Å². The van der Waals surface area contributed by atoms with Crippen LogP contribution in [0.1, 0.15) is 0 Å². The molecule has 0 aromatic carbocycles. The summed E-state index contributed by atoms with van der Waals surface area (Å²) in [5, 5.41) is 0. The van der Waals surface area contributed by atoms with Crippen LogP contribution in [0.4, 0.5) is 5.69 Å². The van der Waals surface area contributed by atoms with Crippen molar-refractivity contribution in [2.75, 3.05) is 5.73 Å². The Bertz CT molecular complexity index is 410. The van der Waals surface area contributed by atoms with Gasteiger partial charge in [0, 0.05) is 18.6 Å². The fourth-order valence-corrected chi connectivity index (χ4v) is 1.45. The van der Waals surface area contributed by atoms with E-state index in [1.54, 1.807) is 29.4 Å². The van der Waals surface area contributed by atoms with Crippen molar-refractivity contribution in [1.29, 1.82) is 0 Å². The van der Waals surface area contributed by atoms with Gasteiger partial charge in [-0.15, -0.1) is 0 Å². The lowest BCUT2D eigenvalue weighted by Crippen LogP contribution is -1.98. The maximum atomic E-state index is 5.71. The fraction of sp³-hybridized carbons (Fsp3) is 0. The van der Waals surface area contributed by atoms with E-state index >= 15 is 0 Å². The Kier molecular flexibility index (Phi) is 2.02. The van der Waals surface area contributed by atoms with Gasteiger partial charge >= 0.3 is 0 Å². The van der Waals surface area contributed by atoms with Crippen molar-refractivity contribution in [1.82, 2.24) is 14.5 Å². The van der Waals surface area contributed by atoms with Crippen molar-refractivity contribution in [3.05, 3.63) is 35.5 Å². The summed E-state index contributed by atoms with van der Waals surface area (Å²) < 4.78 is 2.58. The highest BCUT2D eigenvalue weighted by Crippen LogP contribution is 2.24. The molecule has 0 fully saturated rings. The molecule has 5 heteroatoms. The molecule has 66 valence electrons. The molecular weight excluding hydrogens is 232 g/mol. The summed E-state index contributed by atoms with van der Waals surface area (Å²) in [7, 11) is 0. The van der Waals surface area contributed by atoms with E-state index in [9.17, 15) is 0 Å². The number of aromatic nitrogens is 3. The summed E-state index contributed by atoms with van der Waals surface area (Å²) >= 11 is 3.37. The highest BCUT2D eigenvalue weighted by Gasteiger charge is 2.05. The van der Waals surface area contributed by atoms with E-state index in [-0.39, 0.29) is 0 Å². The standard InChI is InChI=1S/C8H7BrN4/c9-7-6(10)1-2-12-8(7)13-4-3-11-5-13/h1-5H,(H2,10,12). The average molecular weight is 239 g/mol. The molecular formula is C8H7BrN4. The van der Waals surface area contributed by atoms with Gasteiger partial charge in [-0.25, -0.2) is 9.97 Å². The summed E-state index contributed by atoms with van der Waals surface area (Å²) in [6.45, 7) is 0. The van der Waals surface area contributed by atoms with Gasteiger partial charge in [-0.1, -0.05) is 0 Å². The minimum Gasteiger partial charge on any atom is -0.398 e. The molecule has 0 atom stereocenters. The van der Waals surface area contributed by atoms with Crippen molar-refractivity contribution in [3.8, 4) is 5.82 Å². The van der Waals surface area contributed by atoms with Gasteiger partial charge in [0.25, 0.3) is 0 Å². The molecule has 0 unspecified atom stereocenters. The van der Waals surface area contributed by atoms with Crippen LogP contribution in [0.2, 0.25) is 0 Å². The van der Waals surface area contributed by atoms with Crippen LogP contribution in [0.15, 0.2) is 35.5 Å². The summed E-state index contributed by atoms with van der Waals surface area (Å²) in [5.74, 6) is 0.748. The van der Waals surface area contributed by atoms with Gasteiger partial charge < -0.3 is 5.73 Å². The number of nitrogens with two attached hydrogens (primary N) is 1. The van der Waals surface area contributed by atoms with Gasteiger partial charge in [0.15, 0.2) is 5.82 Å². The second kappa shape index (κ2) is 3.18. The van der Waals surface area contributed by atoms with Crippen LogP contribution in [-0.4, -0.2) is 14.5 Å². The largest absolute Gasteiger partial charge is 0.398 e. The molecule has 0 saturated carbocycles. The number of imidazole rings is 1. The predicted molar refractivity (Wildman–Crippen MR) is 53.5 cm³/mol. The van der Waals surface area contributed by atoms with Gasteiger partial charge in [0.05, 0.1) is 10.2 Å². The van der Waals surface area contributed by atoms with Crippen molar-refractivity contribution in [2.45, 2.75) is 0 Å². The summed E-state index contributed by atoms with van der Waals surface area (Å²) in [5.41, 5.74) is 6.37. The number of pyridine rings is 1. The molecule has 2 aromatic heterocycles. The third-order valence-electron chi connectivity index (χ3n) is 1.65. The SMILES string of the molecule is Nc1ccnc(-n2ccnc2)c1Br. The van der Waals surface area contributed by atoms with Crippen LogP contribution in [0, 0.1) is 0 Å². The minimum atomic E-state index is 0.665. The molecule has 2 rings (SSSR count). The normalized spacial score (nSPS) is 10.2. The van der Waals surface area contributed by atoms with Crippen LogP contribution in [0.5, 0.6) is 0 Å². The highest BCUT2D eigenvalue weighted by molar-refractivity contribution is 9.10. The third-order valence-corrected chi connectivity index (χ3v) is 2.46. The number of halogens is 1. The Morgan fingerprint density at radius 2 is 2.23 bits per heavy atom. The number of rotatable bonds is 1. The van der Waals surface area contributed by atoms with Crippen molar-refractivity contribution in [3.63, 3.8) is 0 Å². The van der Waals surface area contributed by atoms with Crippen LogP contribution in [-0.2, 0) is 0 Å². The zero-order valence-corrected chi connectivity index (χ0v) is 8.27. The molecule has 0 aliphatic carbocycles. The average Bonchev–Trinajstić information content (AvgIpc) is 2.62. The van der Waals surface area contributed by atoms with Gasteiger partial charge in [0.1, 0.15) is 6.33 Å². The molecule has 0 aliphatic rings. The summed E-state index contributed by atoms with van der Waals surface area (Å²) in [6.07, 6.45) is 6.84. The molecule has 13 heavy (non-hydrogen) atoms. The Hall–Kier alpha value is -1.36. The topological polar surface area (TPSA) is 56.7 Å². The molecule has 0 radical (unpaired) electrons. The van der Waals surface area contributed by atoms with E-state index in [0.29, 0.717) is 5.69 Å². The minimum absolute atomic E-state index is 0.665. The first-order valence-electron chi connectivity index (χ1n) is 3.67. The molecule has 0 amide bonds. The van der Waals surface area contributed by atoms with E-state index in [2.05, 4.69) is 25.9 Å². The van der Waals surface area contributed by atoms with E-state index in [0.717, 1.165) is 10.3 Å². The highest BCUT2D eigenvalue weighted by atomic mass is 79.9. The first kappa shape index (κ1) is 8.25. The van der Waals surface area contributed by atoms with Crippen molar-refractivity contribution in [2.24, 2.45) is 0 Å². The van der Waals surface area contributed by atoms with E-state index in [1.165, 1.54) is 0 Å². The van der Waals surface area contributed by atoms with Crippen LogP contribution < -0.4 is 5.73 Å². The Morgan fingerprint density at radius 3 is 2.92 bits per heavy atom. The monoisotopic (exact) mass is 238 g/mol. The lowest BCUT2D eigenvalue weighted by molar-refractivity contribution is 0.986. The van der Waals surface area contributed by atoms with E-state index in [1.807, 2.05) is 6.20 Å². The molecule has 0 aliphatic heterocycles. The maximum absolute atomic E-state index is 5.71. The van der Waals surface area contributed by atoms with Gasteiger partial charge in [-0.3, -0.25) is 4.57 Å². The molecule has 0 spiro atoms. The van der Waals surface area contributed by atoms with Crippen molar-refractivity contribution >= 4 is 21.6 Å². The molecule has 0 saturated heterocycles. The zero-order valence-electron chi connectivity index (χ0n) is 6.68. The second-order valence-electron chi connectivity index (χ2n) is 2.51. The van der Waals surface area contributed by atoms with Crippen LogP contribution >= 0.6 is 15.9 Å². The number of hydrogen-bond acceptors (Lipinski definition) is 3. The Balaban J connectivity index is 2.59. The zero-order chi connectivity index (χ0) is 9.26.